The van der Waals surface area contributed by atoms with Crippen LogP contribution in [0.3, 0.4) is 0 Å². The first-order valence-corrected chi connectivity index (χ1v) is 10.1. The van der Waals surface area contributed by atoms with Crippen LogP contribution in [0.2, 0.25) is 0 Å². The molecule has 0 unspecified atom stereocenters. The zero-order valence-electron chi connectivity index (χ0n) is 15.1. The van der Waals surface area contributed by atoms with Crippen molar-refractivity contribution in [3.8, 4) is 11.5 Å². The molecule has 0 radical (unpaired) electrons. The van der Waals surface area contributed by atoms with E-state index in [0.717, 1.165) is 43.4 Å². The Bertz CT molecular complexity index is 820. The quantitative estimate of drug-likeness (QED) is 0.727. The van der Waals surface area contributed by atoms with E-state index in [-0.39, 0.29) is 24.6 Å². The molecular formula is C18H22N4O4S. The summed E-state index contributed by atoms with van der Waals surface area (Å²) in [6.07, 6.45) is 3.14. The fourth-order valence-corrected chi connectivity index (χ4v) is 3.93. The molecule has 9 heteroatoms. The molecule has 0 aliphatic carbocycles. The van der Waals surface area contributed by atoms with Crippen molar-refractivity contribution in [2.24, 2.45) is 0 Å². The minimum atomic E-state index is -0.108. The number of amides is 1. The number of anilines is 1. The third kappa shape index (κ3) is 4.19. The molecular weight excluding hydrogens is 368 g/mol. The molecule has 2 aliphatic heterocycles. The second kappa shape index (κ2) is 8.18. The number of aromatic nitrogens is 3. The monoisotopic (exact) mass is 390 g/mol. The molecule has 1 N–H and O–H groups in total. The van der Waals surface area contributed by atoms with Crippen molar-refractivity contribution in [3.63, 3.8) is 0 Å². The molecule has 1 fully saturated rings. The maximum atomic E-state index is 12.3. The maximum Gasteiger partial charge on any atom is 0.234 e. The molecule has 8 nitrogen and oxygen atoms in total. The largest absolute Gasteiger partial charge is 0.454 e. The average molecular weight is 390 g/mol. The molecule has 2 aliphatic rings. The molecule has 0 spiro atoms. The van der Waals surface area contributed by atoms with Gasteiger partial charge in [0.1, 0.15) is 5.82 Å². The van der Waals surface area contributed by atoms with E-state index >= 15 is 0 Å². The highest BCUT2D eigenvalue weighted by Gasteiger charge is 2.21. The summed E-state index contributed by atoms with van der Waals surface area (Å²) in [5, 5.41) is 12.1. The van der Waals surface area contributed by atoms with Gasteiger partial charge in [0, 0.05) is 24.8 Å². The van der Waals surface area contributed by atoms with Crippen LogP contribution in [0, 0.1) is 0 Å². The summed E-state index contributed by atoms with van der Waals surface area (Å²) in [6, 6.07) is 5.35. The van der Waals surface area contributed by atoms with E-state index in [1.807, 2.05) is 0 Å². The van der Waals surface area contributed by atoms with Crippen LogP contribution in [0.1, 0.15) is 25.6 Å². The van der Waals surface area contributed by atoms with Crippen molar-refractivity contribution >= 4 is 23.4 Å². The number of nitrogens with one attached hydrogen (secondary N) is 1. The van der Waals surface area contributed by atoms with Crippen LogP contribution in [0.5, 0.6) is 11.5 Å². The lowest BCUT2D eigenvalue weighted by atomic mass is 10.2. The lowest BCUT2D eigenvalue weighted by molar-refractivity contribution is -0.113. The van der Waals surface area contributed by atoms with Crippen molar-refractivity contribution in [1.29, 1.82) is 0 Å². The fraction of sp³-hybridized carbons (Fsp3) is 0.500. The summed E-state index contributed by atoms with van der Waals surface area (Å²) in [5.74, 6) is 2.40. The highest BCUT2D eigenvalue weighted by atomic mass is 32.2. The van der Waals surface area contributed by atoms with Crippen molar-refractivity contribution in [2.75, 3.05) is 24.5 Å². The van der Waals surface area contributed by atoms with Crippen molar-refractivity contribution < 1.29 is 19.0 Å². The minimum absolute atomic E-state index is 0.108. The highest BCUT2D eigenvalue weighted by molar-refractivity contribution is 7.99. The number of thioether (sulfide) groups is 1. The van der Waals surface area contributed by atoms with Gasteiger partial charge in [-0.25, -0.2) is 0 Å². The molecule has 144 valence electrons. The predicted molar refractivity (Wildman–Crippen MR) is 100 cm³/mol. The van der Waals surface area contributed by atoms with E-state index in [1.165, 1.54) is 11.8 Å². The fourth-order valence-electron chi connectivity index (χ4n) is 3.16. The van der Waals surface area contributed by atoms with Crippen LogP contribution < -0.4 is 14.8 Å². The number of rotatable bonds is 7. The van der Waals surface area contributed by atoms with Crippen molar-refractivity contribution in [2.45, 2.75) is 44.0 Å². The van der Waals surface area contributed by atoms with E-state index in [1.54, 1.807) is 18.2 Å². The predicted octanol–water partition coefficient (Wildman–Crippen LogP) is 2.48. The Morgan fingerprint density at radius 2 is 2.22 bits per heavy atom. The third-order valence-corrected chi connectivity index (χ3v) is 5.48. The highest BCUT2D eigenvalue weighted by Crippen LogP contribution is 2.34. The summed E-state index contributed by atoms with van der Waals surface area (Å²) in [6.45, 7) is 3.82. The SMILES string of the molecule is CCc1nnc(SCC(=O)Nc2ccc3c(c2)OCO3)n1C[C@H]1CCCO1. The molecule has 1 atom stereocenters. The Morgan fingerprint density at radius 3 is 3.04 bits per heavy atom. The van der Waals surface area contributed by atoms with Gasteiger partial charge >= 0.3 is 0 Å². The van der Waals surface area contributed by atoms with Gasteiger partial charge in [-0.15, -0.1) is 10.2 Å². The summed E-state index contributed by atoms with van der Waals surface area (Å²) in [7, 11) is 0. The molecule has 27 heavy (non-hydrogen) atoms. The third-order valence-electron chi connectivity index (χ3n) is 4.51. The van der Waals surface area contributed by atoms with Crippen LogP contribution in [0.15, 0.2) is 23.4 Å². The van der Waals surface area contributed by atoms with Gasteiger partial charge in [-0.05, 0) is 25.0 Å². The van der Waals surface area contributed by atoms with E-state index in [2.05, 4.69) is 27.0 Å². The van der Waals surface area contributed by atoms with Gasteiger partial charge < -0.3 is 24.1 Å². The van der Waals surface area contributed by atoms with Crippen LogP contribution >= 0.6 is 11.8 Å². The summed E-state index contributed by atoms with van der Waals surface area (Å²) >= 11 is 1.39. The second-order valence-electron chi connectivity index (χ2n) is 6.40. The van der Waals surface area contributed by atoms with E-state index in [9.17, 15) is 4.79 Å². The lowest BCUT2D eigenvalue weighted by Crippen LogP contribution is -2.19. The number of carbonyl (C=O) groups excluding carboxylic acids is 1. The van der Waals surface area contributed by atoms with Crippen LogP contribution in [0.25, 0.3) is 0 Å². The summed E-state index contributed by atoms with van der Waals surface area (Å²) in [4.78, 5) is 12.3. The molecule has 1 aromatic carbocycles. The van der Waals surface area contributed by atoms with Crippen LogP contribution in [0.4, 0.5) is 5.69 Å². The number of ether oxygens (including phenoxy) is 3. The number of carbonyl (C=O) groups is 1. The zero-order valence-corrected chi connectivity index (χ0v) is 16.0. The standard InChI is InChI=1S/C18H22N4O4S/c1-2-16-20-21-18(22(16)9-13-4-3-7-24-13)27-10-17(23)19-12-5-6-14-15(8-12)26-11-25-14/h5-6,8,13H,2-4,7,9-11H2,1H3,(H,19,23)/t13-/m1/s1. The molecule has 1 saturated heterocycles. The Balaban J connectivity index is 1.36. The zero-order chi connectivity index (χ0) is 18.6. The lowest BCUT2D eigenvalue weighted by Gasteiger charge is -2.14. The van der Waals surface area contributed by atoms with Crippen LogP contribution in [-0.4, -0.2) is 45.9 Å². The van der Waals surface area contributed by atoms with Gasteiger partial charge in [-0.3, -0.25) is 4.79 Å². The van der Waals surface area contributed by atoms with Gasteiger partial charge in [-0.1, -0.05) is 18.7 Å². The Kier molecular flexibility index (Phi) is 5.49. The van der Waals surface area contributed by atoms with Crippen molar-refractivity contribution in [1.82, 2.24) is 14.8 Å². The van der Waals surface area contributed by atoms with Gasteiger partial charge in [-0.2, -0.15) is 0 Å². The number of fused-ring (bicyclic) bond motifs is 1. The maximum absolute atomic E-state index is 12.3. The van der Waals surface area contributed by atoms with Gasteiger partial charge in [0.2, 0.25) is 12.7 Å². The molecule has 3 heterocycles. The molecule has 4 rings (SSSR count). The van der Waals surface area contributed by atoms with Gasteiger partial charge in [0.05, 0.1) is 18.4 Å². The number of hydrogen-bond donors (Lipinski definition) is 1. The minimum Gasteiger partial charge on any atom is -0.454 e. The number of aryl methyl sites for hydroxylation is 1. The van der Waals surface area contributed by atoms with Gasteiger partial charge in [0.25, 0.3) is 0 Å². The molecule has 1 amide bonds. The van der Waals surface area contributed by atoms with E-state index in [4.69, 9.17) is 14.2 Å². The Hall–Kier alpha value is -2.26. The van der Waals surface area contributed by atoms with Gasteiger partial charge in [0.15, 0.2) is 16.7 Å². The molecule has 1 aromatic heterocycles. The first kappa shape index (κ1) is 18.1. The number of benzene rings is 1. The normalized spacial score (nSPS) is 18.0. The Morgan fingerprint density at radius 1 is 1.33 bits per heavy atom. The average Bonchev–Trinajstić information content (AvgIpc) is 3.41. The van der Waals surface area contributed by atoms with E-state index < -0.39 is 0 Å². The topological polar surface area (TPSA) is 87.5 Å². The second-order valence-corrected chi connectivity index (χ2v) is 7.35. The molecule has 0 bridgehead atoms. The number of nitrogens with zero attached hydrogens (tertiary/aromatic N) is 3. The van der Waals surface area contributed by atoms with Crippen molar-refractivity contribution in [3.05, 3.63) is 24.0 Å². The first-order valence-electron chi connectivity index (χ1n) is 9.09. The molecule has 2 aromatic rings. The first-order chi connectivity index (χ1) is 13.2. The number of hydrogen-bond acceptors (Lipinski definition) is 7. The Labute approximate surface area is 161 Å². The smallest absolute Gasteiger partial charge is 0.234 e. The summed E-state index contributed by atoms with van der Waals surface area (Å²) in [5.41, 5.74) is 0.680. The molecule has 0 saturated carbocycles. The summed E-state index contributed by atoms with van der Waals surface area (Å²) < 4.78 is 18.4. The van der Waals surface area contributed by atoms with E-state index in [0.29, 0.717) is 17.2 Å². The van der Waals surface area contributed by atoms with Crippen LogP contribution in [-0.2, 0) is 22.5 Å².